The molecule has 3 aromatic carbocycles. The molecule has 33 heavy (non-hydrogen) atoms. The van der Waals surface area contributed by atoms with Crippen LogP contribution in [0.1, 0.15) is 29.7 Å². The number of Topliss-reactive ketones (excluding diaryl/α,β-unsaturated/α-hetero) is 1. The van der Waals surface area contributed by atoms with E-state index in [0.29, 0.717) is 34.9 Å². The molecule has 0 spiro atoms. The highest BCUT2D eigenvalue weighted by Crippen LogP contribution is 2.44. The number of hydrogen-bond donors (Lipinski definition) is 1. The Morgan fingerprint density at radius 2 is 1.73 bits per heavy atom. The van der Waals surface area contributed by atoms with E-state index in [2.05, 4.69) is 0 Å². The minimum absolute atomic E-state index is 0.0281. The van der Waals surface area contributed by atoms with E-state index in [4.69, 9.17) is 9.47 Å². The van der Waals surface area contributed by atoms with Gasteiger partial charge in [-0.05, 0) is 49.2 Å². The van der Waals surface area contributed by atoms with Gasteiger partial charge in [-0.1, -0.05) is 48.5 Å². The Bertz CT molecular complexity index is 1230. The predicted molar refractivity (Wildman–Crippen MR) is 127 cm³/mol. The van der Waals surface area contributed by atoms with Gasteiger partial charge < -0.3 is 14.6 Å². The number of amides is 1. The first kappa shape index (κ1) is 22.1. The Morgan fingerprint density at radius 1 is 0.970 bits per heavy atom. The van der Waals surface area contributed by atoms with Crippen molar-refractivity contribution in [1.29, 1.82) is 0 Å². The van der Waals surface area contributed by atoms with Gasteiger partial charge in [-0.3, -0.25) is 14.5 Å². The summed E-state index contributed by atoms with van der Waals surface area (Å²) in [5.74, 6) is -0.625. The first-order valence-electron chi connectivity index (χ1n) is 10.7. The number of aliphatic hydroxyl groups excluding tert-OH is 1. The molecule has 0 aliphatic carbocycles. The fraction of sp³-hybridized carbons (Fsp3) is 0.185. The summed E-state index contributed by atoms with van der Waals surface area (Å²) in [7, 11) is 1.55. The van der Waals surface area contributed by atoms with Crippen LogP contribution in [-0.4, -0.2) is 30.5 Å². The van der Waals surface area contributed by atoms with Gasteiger partial charge in [-0.15, -0.1) is 0 Å². The molecule has 6 heteroatoms. The second-order valence-electron chi connectivity index (χ2n) is 7.72. The highest BCUT2D eigenvalue weighted by molar-refractivity contribution is 6.51. The van der Waals surface area contributed by atoms with Gasteiger partial charge in [0.05, 0.1) is 25.3 Å². The number of aliphatic hydroxyl groups is 1. The van der Waals surface area contributed by atoms with Crippen molar-refractivity contribution in [1.82, 2.24) is 0 Å². The number of rotatable bonds is 6. The minimum atomic E-state index is -0.836. The molecule has 0 bridgehead atoms. The standard InChI is InChI=1S/C27H25NO5/c1-4-33-22-16-19(13-14-21(22)32-3)24-23(25(29)18-10-6-5-7-11-18)26(30)27(31)28(24)20-12-8-9-17(2)15-20/h5-16,24,29H,4H2,1-3H3/b25-23-. The number of ketones is 1. The summed E-state index contributed by atoms with van der Waals surface area (Å²) in [4.78, 5) is 27.9. The molecule has 1 aliphatic rings. The highest BCUT2D eigenvalue weighted by Gasteiger charge is 2.47. The van der Waals surface area contributed by atoms with Gasteiger partial charge in [-0.25, -0.2) is 0 Å². The normalized spacial score (nSPS) is 17.3. The molecule has 4 rings (SSSR count). The molecule has 1 aliphatic heterocycles. The number of aryl methyl sites for hydroxylation is 1. The average molecular weight is 443 g/mol. The molecule has 168 valence electrons. The van der Waals surface area contributed by atoms with Crippen molar-refractivity contribution in [2.75, 3.05) is 18.6 Å². The molecule has 6 nitrogen and oxygen atoms in total. The maximum absolute atomic E-state index is 13.3. The number of benzene rings is 3. The summed E-state index contributed by atoms with van der Waals surface area (Å²) in [5.41, 5.74) is 2.63. The molecule has 3 aromatic rings. The monoisotopic (exact) mass is 443 g/mol. The summed E-state index contributed by atoms with van der Waals surface area (Å²) in [6.45, 7) is 4.20. The molecule has 0 radical (unpaired) electrons. The van der Waals surface area contributed by atoms with E-state index >= 15 is 0 Å². The highest BCUT2D eigenvalue weighted by atomic mass is 16.5. The van der Waals surface area contributed by atoms with E-state index in [1.807, 2.05) is 38.1 Å². The molecular weight excluding hydrogens is 418 g/mol. The summed E-state index contributed by atoms with van der Waals surface area (Å²) >= 11 is 0. The third-order valence-electron chi connectivity index (χ3n) is 5.57. The van der Waals surface area contributed by atoms with Crippen LogP contribution < -0.4 is 14.4 Å². The van der Waals surface area contributed by atoms with Crippen molar-refractivity contribution < 1.29 is 24.2 Å². The molecule has 1 fully saturated rings. The lowest BCUT2D eigenvalue weighted by Crippen LogP contribution is -2.29. The number of nitrogens with zero attached hydrogens (tertiary/aromatic N) is 1. The number of ether oxygens (including phenoxy) is 2. The largest absolute Gasteiger partial charge is 0.507 e. The van der Waals surface area contributed by atoms with Crippen molar-refractivity contribution in [3.05, 3.63) is 95.1 Å². The smallest absolute Gasteiger partial charge is 0.300 e. The van der Waals surface area contributed by atoms with Crippen LogP contribution in [0.5, 0.6) is 11.5 Å². The van der Waals surface area contributed by atoms with Crippen molar-refractivity contribution in [2.24, 2.45) is 0 Å². The topological polar surface area (TPSA) is 76.1 Å². The van der Waals surface area contributed by atoms with Crippen molar-refractivity contribution in [2.45, 2.75) is 19.9 Å². The summed E-state index contributed by atoms with van der Waals surface area (Å²) in [5, 5.41) is 11.2. The van der Waals surface area contributed by atoms with Gasteiger partial charge in [0.15, 0.2) is 11.5 Å². The molecule has 1 N–H and O–H groups in total. The van der Waals surface area contributed by atoms with Crippen LogP contribution in [0.15, 0.2) is 78.4 Å². The van der Waals surface area contributed by atoms with Crippen LogP contribution in [0.2, 0.25) is 0 Å². The SMILES string of the molecule is CCOc1cc(C2/C(=C(/O)c3ccccc3)C(=O)C(=O)N2c2cccc(C)c2)ccc1OC. The lowest BCUT2D eigenvalue weighted by molar-refractivity contribution is -0.132. The van der Waals surface area contributed by atoms with E-state index in [1.165, 1.54) is 4.90 Å². The number of carbonyl (C=O) groups excluding carboxylic acids is 2. The molecule has 1 saturated heterocycles. The van der Waals surface area contributed by atoms with Crippen molar-refractivity contribution >= 4 is 23.1 Å². The Morgan fingerprint density at radius 3 is 2.39 bits per heavy atom. The van der Waals surface area contributed by atoms with Gasteiger partial charge in [0.25, 0.3) is 11.7 Å². The molecule has 1 amide bonds. The number of anilines is 1. The van der Waals surface area contributed by atoms with Crippen molar-refractivity contribution in [3.63, 3.8) is 0 Å². The second-order valence-corrected chi connectivity index (χ2v) is 7.72. The number of carbonyl (C=O) groups is 2. The van der Waals surface area contributed by atoms with Gasteiger partial charge in [0, 0.05) is 11.3 Å². The molecule has 0 aromatic heterocycles. The number of hydrogen-bond acceptors (Lipinski definition) is 5. The van der Waals surface area contributed by atoms with Gasteiger partial charge in [0.2, 0.25) is 0 Å². The molecule has 1 atom stereocenters. The summed E-state index contributed by atoms with van der Waals surface area (Å²) in [6, 6.07) is 20.5. The second kappa shape index (κ2) is 9.20. The predicted octanol–water partition coefficient (Wildman–Crippen LogP) is 5.03. The third kappa shape index (κ3) is 4.07. The Hall–Kier alpha value is -4.06. The quantitative estimate of drug-likeness (QED) is 0.329. The third-order valence-corrected chi connectivity index (χ3v) is 5.57. The van der Waals surface area contributed by atoms with Crippen LogP contribution in [-0.2, 0) is 9.59 Å². The molecule has 1 unspecified atom stereocenters. The maximum Gasteiger partial charge on any atom is 0.300 e. The van der Waals surface area contributed by atoms with E-state index in [-0.39, 0.29) is 11.3 Å². The first-order chi connectivity index (χ1) is 16.0. The fourth-order valence-electron chi connectivity index (χ4n) is 4.08. The van der Waals surface area contributed by atoms with Crippen LogP contribution in [0.3, 0.4) is 0 Å². The van der Waals surface area contributed by atoms with Gasteiger partial charge in [0.1, 0.15) is 5.76 Å². The molecular formula is C27H25NO5. The minimum Gasteiger partial charge on any atom is -0.507 e. The van der Waals surface area contributed by atoms with Crippen molar-refractivity contribution in [3.8, 4) is 11.5 Å². The molecule has 1 heterocycles. The average Bonchev–Trinajstić information content (AvgIpc) is 3.10. The van der Waals surface area contributed by atoms with Gasteiger partial charge in [-0.2, -0.15) is 0 Å². The Kier molecular flexibility index (Phi) is 6.18. The number of methoxy groups -OCH3 is 1. The Labute approximate surface area is 192 Å². The summed E-state index contributed by atoms with van der Waals surface area (Å²) < 4.78 is 11.1. The maximum atomic E-state index is 13.3. The van der Waals surface area contributed by atoms with Gasteiger partial charge >= 0.3 is 0 Å². The van der Waals surface area contributed by atoms with E-state index < -0.39 is 17.7 Å². The van der Waals surface area contributed by atoms with Crippen LogP contribution in [0.25, 0.3) is 5.76 Å². The Balaban J connectivity index is 1.96. The zero-order valence-electron chi connectivity index (χ0n) is 18.7. The summed E-state index contributed by atoms with van der Waals surface area (Å²) in [6.07, 6.45) is 0. The fourth-order valence-corrected chi connectivity index (χ4v) is 4.08. The van der Waals surface area contributed by atoms with Crippen LogP contribution in [0.4, 0.5) is 5.69 Å². The first-order valence-corrected chi connectivity index (χ1v) is 10.7. The van der Waals surface area contributed by atoms with E-state index in [0.717, 1.165) is 5.56 Å². The lowest BCUT2D eigenvalue weighted by Gasteiger charge is -2.26. The molecule has 0 saturated carbocycles. The van der Waals surface area contributed by atoms with E-state index in [1.54, 1.807) is 55.6 Å². The van der Waals surface area contributed by atoms with Crippen LogP contribution >= 0.6 is 0 Å². The zero-order valence-corrected chi connectivity index (χ0v) is 18.7. The lowest BCUT2D eigenvalue weighted by atomic mass is 9.94. The van der Waals surface area contributed by atoms with E-state index in [9.17, 15) is 14.7 Å². The van der Waals surface area contributed by atoms with Crippen LogP contribution in [0, 0.1) is 6.92 Å². The zero-order chi connectivity index (χ0) is 23.5.